The van der Waals surface area contributed by atoms with Crippen molar-refractivity contribution in [1.29, 1.82) is 0 Å². The van der Waals surface area contributed by atoms with Crippen LogP contribution in [0.5, 0.6) is 0 Å². The van der Waals surface area contributed by atoms with Crippen LogP contribution in [0.1, 0.15) is 50.6 Å². The Morgan fingerprint density at radius 3 is 2.50 bits per heavy atom. The fraction of sp³-hybridized carbons (Fsp3) is 0.441. The summed E-state index contributed by atoms with van der Waals surface area (Å²) < 4.78 is 14.4. The maximum Gasteiger partial charge on any atom is 0.410 e. The molecule has 1 aliphatic heterocycles. The van der Waals surface area contributed by atoms with E-state index in [2.05, 4.69) is 58.3 Å². The highest BCUT2D eigenvalue weighted by molar-refractivity contribution is 9.10. The molecule has 0 unspecified atom stereocenters. The highest BCUT2D eigenvalue weighted by Crippen LogP contribution is 2.41. The van der Waals surface area contributed by atoms with Crippen LogP contribution in [0.15, 0.2) is 59.3 Å². The second-order valence-corrected chi connectivity index (χ2v) is 12.9. The molecule has 1 saturated heterocycles. The minimum Gasteiger partial charge on any atom is -0.445 e. The van der Waals surface area contributed by atoms with Crippen LogP contribution in [0.3, 0.4) is 0 Å². The number of anilines is 1. The molecule has 0 saturated carbocycles. The number of benzene rings is 1. The Morgan fingerprint density at radius 2 is 1.84 bits per heavy atom. The van der Waals surface area contributed by atoms with Crippen molar-refractivity contribution in [1.82, 2.24) is 19.4 Å². The number of aromatic nitrogens is 3. The number of ether oxygens (including phenoxy) is 2. The van der Waals surface area contributed by atoms with Crippen molar-refractivity contribution in [3.8, 4) is 11.3 Å². The average Bonchev–Trinajstić information content (AvgIpc) is 3.34. The van der Waals surface area contributed by atoms with Crippen molar-refractivity contribution in [2.45, 2.75) is 53.4 Å². The van der Waals surface area contributed by atoms with Crippen molar-refractivity contribution in [3.63, 3.8) is 0 Å². The topological polar surface area (TPSA) is 93.0 Å². The van der Waals surface area contributed by atoms with Crippen molar-refractivity contribution in [2.75, 3.05) is 44.8 Å². The van der Waals surface area contributed by atoms with E-state index in [1.807, 2.05) is 49.5 Å². The molecule has 0 spiro atoms. The monoisotopic (exact) mass is 663 g/mol. The molecule has 0 aliphatic carbocycles. The van der Waals surface area contributed by atoms with Gasteiger partial charge in [0, 0.05) is 57.6 Å². The van der Waals surface area contributed by atoms with Gasteiger partial charge in [0.2, 0.25) is 0 Å². The third kappa shape index (κ3) is 6.77. The number of aliphatic hydroxyl groups excluding tert-OH is 1. The normalized spacial score (nSPS) is 14.7. The minimum absolute atomic E-state index is 0.0525. The van der Waals surface area contributed by atoms with Crippen LogP contribution in [0.4, 0.5) is 10.5 Å². The maximum absolute atomic E-state index is 12.8. The second kappa shape index (κ2) is 13.7. The Morgan fingerprint density at radius 1 is 1.11 bits per heavy atom. The average molecular weight is 665 g/mol. The van der Waals surface area contributed by atoms with Gasteiger partial charge in [0.05, 0.1) is 40.4 Å². The number of hydrogen-bond donors (Lipinski definition) is 1. The van der Waals surface area contributed by atoms with Crippen LogP contribution >= 0.6 is 15.9 Å². The van der Waals surface area contributed by atoms with Gasteiger partial charge in [0.1, 0.15) is 11.2 Å². The molecule has 0 bridgehead atoms. The number of hydrogen-bond acceptors (Lipinski definition) is 7. The molecule has 1 aromatic carbocycles. The fourth-order valence-corrected chi connectivity index (χ4v) is 6.13. The predicted octanol–water partition coefficient (Wildman–Crippen LogP) is 6.61. The van der Waals surface area contributed by atoms with Gasteiger partial charge in [-0.2, -0.15) is 0 Å². The van der Waals surface area contributed by atoms with Crippen LogP contribution in [0.25, 0.3) is 22.3 Å². The number of carbonyl (C=O) groups excluding carboxylic acids is 1. The molecular formula is C34H42BrN5O4. The summed E-state index contributed by atoms with van der Waals surface area (Å²) in [6.45, 7) is 11.8. The third-order valence-corrected chi connectivity index (χ3v) is 8.82. The van der Waals surface area contributed by atoms with Gasteiger partial charge in [-0.3, -0.25) is 4.98 Å². The molecule has 4 aromatic rings. The molecule has 4 heterocycles. The number of piperazine rings is 1. The zero-order valence-electron chi connectivity index (χ0n) is 26.2. The molecule has 0 radical (unpaired) electrons. The molecule has 1 amide bonds. The summed E-state index contributed by atoms with van der Waals surface area (Å²) in [4.78, 5) is 26.7. The lowest BCUT2D eigenvalue weighted by Gasteiger charge is -2.35. The lowest BCUT2D eigenvalue weighted by molar-refractivity contribution is 0.0941. The first-order valence-corrected chi connectivity index (χ1v) is 16.0. The number of pyridine rings is 2. The minimum atomic E-state index is -0.352. The number of aryl methyl sites for hydroxylation is 1. The van der Waals surface area contributed by atoms with Crippen molar-refractivity contribution >= 4 is 38.7 Å². The number of rotatable bonds is 10. The van der Waals surface area contributed by atoms with E-state index >= 15 is 0 Å². The molecule has 10 heteroatoms. The zero-order chi connectivity index (χ0) is 31.4. The Balaban J connectivity index is 1.49. The largest absolute Gasteiger partial charge is 0.445 e. The lowest BCUT2D eigenvalue weighted by Crippen LogP contribution is -2.49. The molecule has 1 atom stereocenters. The van der Waals surface area contributed by atoms with E-state index in [1.54, 1.807) is 12.0 Å². The quantitative estimate of drug-likeness (QED) is 0.191. The van der Waals surface area contributed by atoms with E-state index in [1.165, 1.54) is 0 Å². The van der Waals surface area contributed by atoms with Gasteiger partial charge in [0.15, 0.2) is 0 Å². The second-order valence-electron chi connectivity index (χ2n) is 12.1. The van der Waals surface area contributed by atoms with Crippen molar-refractivity contribution < 1.29 is 19.4 Å². The van der Waals surface area contributed by atoms with Crippen LogP contribution in [0, 0.1) is 5.41 Å². The van der Waals surface area contributed by atoms with Crippen molar-refractivity contribution in [3.05, 3.63) is 76.2 Å². The summed E-state index contributed by atoms with van der Waals surface area (Å²) in [5, 5.41) is 10.2. The predicted molar refractivity (Wildman–Crippen MR) is 177 cm³/mol. The number of amides is 1. The molecular weight excluding hydrogens is 622 g/mol. The Kier molecular flexibility index (Phi) is 9.92. The Hall–Kier alpha value is -3.47. The van der Waals surface area contributed by atoms with E-state index in [-0.39, 0.29) is 30.8 Å². The molecule has 5 rings (SSSR count). The SMILES string of the molecule is CCn1c(-c2cc(N3CCN(C(=O)OCc4ccccc4)CC3)cnc2[C@H](C)OC)c(CC(C)(C)CO)c2nc(Br)ccc21. The van der Waals surface area contributed by atoms with Gasteiger partial charge in [-0.25, -0.2) is 9.78 Å². The maximum atomic E-state index is 12.8. The van der Waals surface area contributed by atoms with Crippen LogP contribution in [-0.4, -0.2) is 70.5 Å². The van der Waals surface area contributed by atoms with Crippen LogP contribution in [0.2, 0.25) is 0 Å². The lowest BCUT2D eigenvalue weighted by atomic mass is 9.85. The molecule has 1 aliphatic rings. The van der Waals surface area contributed by atoms with Gasteiger partial charge >= 0.3 is 6.09 Å². The van der Waals surface area contributed by atoms with Gasteiger partial charge in [-0.15, -0.1) is 0 Å². The molecule has 234 valence electrons. The smallest absolute Gasteiger partial charge is 0.410 e. The van der Waals surface area contributed by atoms with Crippen LogP contribution in [-0.2, 0) is 29.0 Å². The van der Waals surface area contributed by atoms with E-state index in [4.69, 9.17) is 19.4 Å². The van der Waals surface area contributed by atoms with E-state index < -0.39 is 0 Å². The van der Waals surface area contributed by atoms with Crippen LogP contribution < -0.4 is 4.90 Å². The van der Waals surface area contributed by atoms with E-state index in [9.17, 15) is 9.90 Å². The highest BCUT2D eigenvalue weighted by atomic mass is 79.9. The van der Waals surface area contributed by atoms with Gasteiger partial charge in [-0.05, 0) is 65.4 Å². The van der Waals surface area contributed by atoms with E-state index in [0.29, 0.717) is 32.6 Å². The van der Waals surface area contributed by atoms with Gasteiger partial charge < -0.3 is 28.9 Å². The molecule has 9 nitrogen and oxygen atoms in total. The number of halogens is 1. The molecule has 3 aromatic heterocycles. The number of fused-ring (bicyclic) bond motifs is 1. The van der Waals surface area contributed by atoms with Gasteiger partial charge in [-0.1, -0.05) is 44.2 Å². The summed E-state index contributed by atoms with van der Waals surface area (Å²) >= 11 is 3.58. The summed E-state index contributed by atoms with van der Waals surface area (Å²) in [5.74, 6) is 0. The molecule has 44 heavy (non-hydrogen) atoms. The standard InChI is InChI=1S/C34H42BrN5O4/c1-6-40-28-12-13-29(35)37-31(28)27(19-34(3,4)22-41)32(40)26-18-25(20-36-30(26)23(2)43-5)38-14-16-39(17-15-38)33(42)44-21-24-10-8-7-9-11-24/h7-13,18,20,23,41H,6,14-17,19,21-22H2,1-5H3/t23-/m0/s1. The van der Waals surface area contributed by atoms with Gasteiger partial charge in [0.25, 0.3) is 0 Å². The first kappa shape index (κ1) is 31.9. The number of nitrogens with zero attached hydrogens (tertiary/aromatic N) is 5. The number of carbonyl (C=O) groups is 1. The fourth-order valence-electron chi connectivity index (χ4n) is 5.82. The van der Waals surface area contributed by atoms with E-state index in [0.717, 1.165) is 55.9 Å². The summed E-state index contributed by atoms with van der Waals surface area (Å²) in [7, 11) is 1.70. The number of methoxy groups -OCH3 is 1. The third-order valence-electron chi connectivity index (χ3n) is 8.38. The highest BCUT2D eigenvalue weighted by Gasteiger charge is 2.30. The Labute approximate surface area is 267 Å². The molecule has 1 fully saturated rings. The first-order valence-electron chi connectivity index (χ1n) is 15.2. The number of aliphatic hydroxyl groups is 1. The summed E-state index contributed by atoms with van der Waals surface area (Å²) in [6, 6.07) is 16.0. The molecule has 1 N–H and O–H groups in total. The first-order chi connectivity index (χ1) is 21.2. The summed E-state index contributed by atoms with van der Waals surface area (Å²) in [6.07, 6.45) is 2.01. The van der Waals surface area contributed by atoms with Crippen molar-refractivity contribution in [2.24, 2.45) is 5.41 Å². The Bertz CT molecular complexity index is 1600. The zero-order valence-corrected chi connectivity index (χ0v) is 27.8. The summed E-state index contributed by atoms with van der Waals surface area (Å²) in [5.41, 5.74) is 7.52.